The molecule has 0 aromatic rings. The third kappa shape index (κ3) is 2.36. The van der Waals surface area contributed by atoms with Crippen molar-refractivity contribution in [2.45, 2.75) is 58.1 Å². The molecule has 0 bridgehead atoms. The van der Waals surface area contributed by atoms with E-state index in [2.05, 4.69) is 25.7 Å². The van der Waals surface area contributed by atoms with Crippen molar-refractivity contribution in [3.05, 3.63) is 0 Å². The summed E-state index contributed by atoms with van der Waals surface area (Å²) in [5, 5.41) is 10.0. The minimum absolute atomic E-state index is 0.357. The van der Waals surface area contributed by atoms with Gasteiger partial charge in [-0.15, -0.1) is 0 Å². The third-order valence-electron chi connectivity index (χ3n) is 4.32. The monoisotopic (exact) mass is 211 g/mol. The summed E-state index contributed by atoms with van der Waals surface area (Å²) in [6.45, 7) is 8.65. The van der Waals surface area contributed by atoms with Gasteiger partial charge in [0.25, 0.3) is 0 Å². The van der Waals surface area contributed by atoms with Gasteiger partial charge in [0.05, 0.1) is 5.60 Å². The van der Waals surface area contributed by atoms with Crippen LogP contribution in [-0.2, 0) is 0 Å². The van der Waals surface area contributed by atoms with Crippen LogP contribution in [0.25, 0.3) is 0 Å². The van der Waals surface area contributed by atoms with E-state index >= 15 is 0 Å². The predicted molar refractivity (Wildman–Crippen MR) is 62.8 cm³/mol. The van der Waals surface area contributed by atoms with E-state index in [4.69, 9.17) is 0 Å². The van der Waals surface area contributed by atoms with Crippen molar-refractivity contribution in [3.8, 4) is 0 Å². The first kappa shape index (κ1) is 11.4. The van der Waals surface area contributed by atoms with E-state index in [9.17, 15) is 5.11 Å². The Morgan fingerprint density at radius 1 is 1.13 bits per heavy atom. The Labute approximate surface area is 93.7 Å². The number of nitrogens with zero attached hydrogens (tertiary/aromatic N) is 1. The molecule has 2 heteroatoms. The number of hydrogen-bond donors (Lipinski definition) is 1. The molecule has 1 saturated carbocycles. The van der Waals surface area contributed by atoms with Crippen LogP contribution in [-0.4, -0.2) is 34.7 Å². The fourth-order valence-corrected chi connectivity index (χ4v) is 3.39. The lowest BCUT2D eigenvalue weighted by Crippen LogP contribution is -2.65. The zero-order valence-corrected chi connectivity index (χ0v) is 10.4. The number of aliphatic hydroxyl groups is 1. The van der Waals surface area contributed by atoms with Crippen LogP contribution in [0.3, 0.4) is 0 Å². The summed E-state index contributed by atoms with van der Waals surface area (Å²) in [7, 11) is 0. The van der Waals surface area contributed by atoms with Gasteiger partial charge in [-0.1, -0.05) is 20.8 Å². The van der Waals surface area contributed by atoms with Crippen molar-refractivity contribution in [2.24, 2.45) is 11.8 Å². The van der Waals surface area contributed by atoms with Crippen molar-refractivity contribution >= 4 is 0 Å². The molecule has 2 aliphatic rings. The molecule has 2 atom stereocenters. The zero-order valence-electron chi connectivity index (χ0n) is 10.4. The maximum atomic E-state index is 10.0. The first-order valence-corrected chi connectivity index (χ1v) is 6.49. The Morgan fingerprint density at radius 3 is 2.13 bits per heavy atom. The van der Waals surface area contributed by atoms with Crippen LogP contribution in [0.5, 0.6) is 0 Å². The van der Waals surface area contributed by atoms with Gasteiger partial charge in [-0.3, -0.25) is 4.90 Å². The van der Waals surface area contributed by atoms with Gasteiger partial charge in [-0.2, -0.15) is 0 Å². The molecule has 0 aromatic carbocycles. The summed E-state index contributed by atoms with van der Waals surface area (Å²) in [5.41, 5.74) is -0.357. The minimum atomic E-state index is -0.357. The lowest BCUT2D eigenvalue weighted by atomic mass is 9.77. The quantitative estimate of drug-likeness (QED) is 0.757. The minimum Gasteiger partial charge on any atom is -0.387 e. The van der Waals surface area contributed by atoms with Crippen molar-refractivity contribution < 1.29 is 5.11 Å². The van der Waals surface area contributed by atoms with E-state index < -0.39 is 0 Å². The molecule has 1 heterocycles. The lowest BCUT2D eigenvalue weighted by molar-refractivity contribution is -0.126. The standard InChI is InChI=1S/C13H25NO/c1-4-13(15)8-14(9-13)12-6-10(2)5-11(3)7-12/h10-12,15H,4-9H2,1-3H3. The van der Waals surface area contributed by atoms with Crippen molar-refractivity contribution in [3.63, 3.8) is 0 Å². The molecule has 2 fully saturated rings. The molecule has 1 N–H and O–H groups in total. The largest absolute Gasteiger partial charge is 0.387 e. The average Bonchev–Trinajstić information content (AvgIpc) is 2.11. The molecule has 0 aromatic heterocycles. The first-order valence-electron chi connectivity index (χ1n) is 6.49. The van der Waals surface area contributed by atoms with Crippen molar-refractivity contribution in [2.75, 3.05) is 13.1 Å². The van der Waals surface area contributed by atoms with Crippen LogP contribution < -0.4 is 0 Å². The Balaban J connectivity index is 1.85. The highest BCUT2D eigenvalue weighted by molar-refractivity contribution is 4.98. The average molecular weight is 211 g/mol. The molecule has 88 valence electrons. The molecule has 15 heavy (non-hydrogen) atoms. The molecule has 1 aliphatic carbocycles. The number of likely N-dealkylation sites (tertiary alicyclic amines) is 1. The number of rotatable bonds is 2. The first-order chi connectivity index (χ1) is 7.02. The van der Waals surface area contributed by atoms with Gasteiger partial charge in [-0.05, 0) is 37.5 Å². The Kier molecular flexibility index (Phi) is 3.09. The highest BCUT2D eigenvalue weighted by Gasteiger charge is 2.43. The van der Waals surface area contributed by atoms with Gasteiger partial charge in [0, 0.05) is 19.1 Å². The third-order valence-corrected chi connectivity index (χ3v) is 4.32. The zero-order chi connectivity index (χ0) is 11.1. The molecule has 1 saturated heterocycles. The molecular weight excluding hydrogens is 186 g/mol. The summed E-state index contributed by atoms with van der Waals surface area (Å²) in [5.74, 6) is 1.74. The SMILES string of the molecule is CCC1(O)CN(C2CC(C)CC(C)C2)C1. The smallest absolute Gasteiger partial charge is 0.0897 e. The summed E-state index contributed by atoms with van der Waals surface area (Å²) < 4.78 is 0. The summed E-state index contributed by atoms with van der Waals surface area (Å²) in [6.07, 6.45) is 4.97. The van der Waals surface area contributed by atoms with E-state index in [1.165, 1.54) is 19.3 Å². The molecular formula is C13H25NO. The van der Waals surface area contributed by atoms with Crippen molar-refractivity contribution in [1.82, 2.24) is 4.90 Å². The summed E-state index contributed by atoms with van der Waals surface area (Å²) in [4.78, 5) is 2.50. The van der Waals surface area contributed by atoms with Crippen LogP contribution in [0.2, 0.25) is 0 Å². The highest BCUT2D eigenvalue weighted by atomic mass is 16.3. The van der Waals surface area contributed by atoms with Crippen molar-refractivity contribution in [1.29, 1.82) is 0 Å². The van der Waals surface area contributed by atoms with E-state index in [1.807, 2.05) is 0 Å². The van der Waals surface area contributed by atoms with Crippen LogP contribution in [0.15, 0.2) is 0 Å². The van der Waals surface area contributed by atoms with Gasteiger partial charge >= 0.3 is 0 Å². The topological polar surface area (TPSA) is 23.5 Å². The Morgan fingerprint density at radius 2 is 1.67 bits per heavy atom. The highest BCUT2D eigenvalue weighted by Crippen LogP contribution is 2.36. The fourth-order valence-electron chi connectivity index (χ4n) is 3.39. The van der Waals surface area contributed by atoms with E-state index in [-0.39, 0.29) is 5.60 Å². The second kappa shape index (κ2) is 4.06. The number of β-amino-alcohol motifs (C(OH)–C–C–N with tert-alkyl or cyclic N) is 1. The van der Waals surface area contributed by atoms with E-state index in [0.29, 0.717) is 0 Å². The summed E-state index contributed by atoms with van der Waals surface area (Å²) in [6, 6.07) is 0.746. The maximum Gasteiger partial charge on any atom is 0.0897 e. The van der Waals surface area contributed by atoms with Crippen LogP contribution in [0, 0.1) is 11.8 Å². The predicted octanol–water partition coefficient (Wildman–Crippen LogP) is 2.27. The number of hydrogen-bond acceptors (Lipinski definition) is 2. The lowest BCUT2D eigenvalue weighted by Gasteiger charge is -2.52. The van der Waals surface area contributed by atoms with Crippen LogP contribution in [0.1, 0.15) is 46.5 Å². The second-order valence-corrected chi connectivity index (χ2v) is 6.05. The molecule has 2 rings (SSSR count). The van der Waals surface area contributed by atoms with Crippen LogP contribution in [0.4, 0.5) is 0 Å². The molecule has 1 aliphatic heterocycles. The molecule has 0 amide bonds. The van der Waals surface area contributed by atoms with Gasteiger partial charge in [0.15, 0.2) is 0 Å². The van der Waals surface area contributed by atoms with Gasteiger partial charge in [0.2, 0.25) is 0 Å². The molecule has 2 unspecified atom stereocenters. The van der Waals surface area contributed by atoms with Gasteiger partial charge in [0.1, 0.15) is 0 Å². The van der Waals surface area contributed by atoms with Gasteiger partial charge in [-0.25, -0.2) is 0 Å². The molecule has 0 spiro atoms. The Hall–Kier alpha value is -0.0800. The second-order valence-electron chi connectivity index (χ2n) is 6.05. The van der Waals surface area contributed by atoms with Crippen LogP contribution >= 0.6 is 0 Å². The summed E-state index contributed by atoms with van der Waals surface area (Å²) >= 11 is 0. The van der Waals surface area contributed by atoms with E-state index in [1.54, 1.807) is 0 Å². The Bertz CT molecular complexity index is 213. The maximum absolute atomic E-state index is 10.0. The van der Waals surface area contributed by atoms with Gasteiger partial charge < -0.3 is 5.11 Å². The van der Waals surface area contributed by atoms with E-state index in [0.717, 1.165) is 37.4 Å². The normalized spacial score (nSPS) is 41.2. The molecule has 0 radical (unpaired) electrons. The fraction of sp³-hybridized carbons (Fsp3) is 1.00. The molecule has 2 nitrogen and oxygen atoms in total.